The van der Waals surface area contributed by atoms with E-state index in [1.807, 2.05) is 49.4 Å². The van der Waals surface area contributed by atoms with Crippen molar-refractivity contribution < 1.29 is 19.1 Å². The van der Waals surface area contributed by atoms with E-state index in [4.69, 9.17) is 15.5 Å². The van der Waals surface area contributed by atoms with Crippen molar-refractivity contribution in [2.45, 2.75) is 39.2 Å². The second-order valence-electron chi connectivity index (χ2n) is 9.63. The number of hydrogen-bond donors (Lipinski definition) is 2. The third kappa shape index (κ3) is 5.89. The van der Waals surface area contributed by atoms with Crippen molar-refractivity contribution >= 4 is 40.1 Å². The number of nitrogens with zero attached hydrogens (tertiary/aromatic N) is 2. The molecule has 1 heterocycles. The second kappa shape index (κ2) is 11.7. The Balaban J connectivity index is 1.54. The van der Waals surface area contributed by atoms with Gasteiger partial charge in [-0.25, -0.2) is 19.5 Å². The van der Waals surface area contributed by atoms with Crippen molar-refractivity contribution in [3.05, 3.63) is 99.9 Å². The van der Waals surface area contributed by atoms with Gasteiger partial charge < -0.3 is 15.8 Å². The summed E-state index contributed by atoms with van der Waals surface area (Å²) < 4.78 is 5.09. The Kier molecular flexibility index (Phi) is 7.93. The van der Waals surface area contributed by atoms with Gasteiger partial charge in [-0.15, -0.1) is 0 Å². The molecule has 4 aromatic rings. The highest BCUT2D eigenvalue weighted by molar-refractivity contribution is 7.18. The summed E-state index contributed by atoms with van der Waals surface area (Å²) >= 11 is 1.10. The van der Waals surface area contributed by atoms with Crippen LogP contribution >= 0.6 is 11.3 Å². The first-order chi connectivity index (χ1) is 19.4. The summed E-state index contributed by atoms with van der Waals surface area (Å²) in [5, 5.41) is 3.25. The van der Waals surface area contributed by atoms with Gasteiger partial charge in [0.1, 0.15) is 4.88 Å². The number of amides is 3. The van der Waals surface area contributed by atoms with Crippen molar-refractivity contribution in [3.63, 3.8) is 0 Å². The molecule has 0 bridgehead atoms. The lowest BCUT2D eigenvalue weighted by atomic mass is 10.1. The highest BCUT2D eigenvalue weighted by atomic mass is 32.1. The number of hydrogen-bond acceptors (Lipinski definition) is 6. The van der Waals surface area contributed by atoms with Gasteiger partial charge in [0.25, 0.3) is 5.91 Å². The van der Waals surface area contributed by atoms with Crippen molar-refractivity contribution in [3.8, 4) is 11.3 Å². The largest absolute Gasteiger partial charge is 0.462 e. The van der Waals surface area contributed by atoms with Crippen LogP contribution in [0.25, 0.3) is 11.3 Å². The zero-order valence-corrected chi connectivity index (χ0v) is 23.2. The van der Waals surface area contributed by atoms with E-state index in [1.54, 1.807) is 31.2 Å². The second-order valence-corrected chi connectivity index (χ2v) is 10.6. The minimum atomic E-state index is -0.690. The number of anilines is 2. The maximum atomic E-state index is 13.5. The SMILES string of the molecule is CCOC(=O)c1ccc(-c2nc(N(C(N)=O)c3cc(C4CC4)ccc3C)sc2C(=O)NCc2ccccc2)cc1. The quantitative estimate of drug-likeness (QED) is 0.235. The molecule has 0 spiro atoms. The lowest BCUT2D eigenvalue weighted by Gasteiger charge is -2.20. The molecule has 0 saturated heterocycles. The summed E-state index contributed by atoms with van der Waals surface area (Å²) in [4.78, 5) is 44.9. The predicted molar refractivity (Wildman–Crippen MR) is 156 cm³/mol. The Labute approximate surface area is 236 Å². The lowest BCUT2D eigenvalue weighted by molar-refractivity contribution is 0.0526. The van der Waals surface area contributed by atoms with Crippen LogP contribution in [0.4, 0.5) is 15.6 Å². The molecule has 1 aliphatic carbocycles. The minimum absolute atomic E-state index is 0.270. The molecule has 0 aliphatic heterocycles. The van der Waals surface area contributed by atoms with Crippen LogP contribution in [-0.4, -0.2) is 29.5 Å². The molecule has 3 aromatic carbocycles. The Morgan fingerprint density at radius 3 is 2.42 bits per heavy atom. The van der Waals surface area contributed by atoms with E-state index in [0.717, 1.165) is 40.9 Å². The molecule has 3 amide bonds. The molecule has 0 radical (unpaired) electrons. The van der Waals surface area contributed by atoms with Gasteiger partial charge >= 0.3 is 12.0 Å². The van der Waals surface area contributed by atoms with Gasteiger partial charge in [0.15, 0.2) is 5.13 Å². The van der Waals surface area contributed by atoms with Gasteiger partial charge in [0, 0.05) is 12.1 Å². The summed E-state index contributed by atoms with van der Waals surface area (Å²) in [6.45, 7) is 4.26. The van der Waals surface area contributed by atoms with Crippen molar-refractivity contribution in [1.82, 2.24) is 10.3 Å². The Morgan fingerprint density at radius 1 is 1.05 bits per heavy atom. The number of esters is 1. The Bertz CT molecular complexity index is 1550. The third-order valence-electron chi connectivity index (χ3n) is 6.72. The van der Waals surface area contributed by atoms with E-state index < -0.39 is 12.0 Å². The van der Waals surface area contributed by atoms with Crippen LogP contribution in [0.5, 0.6) is 0 Å². The number of carbonyl (C=O) groups excluding carboxylic acids is 3. The molecule has 1 saturated carbocycles. The van der Waals surface area contributed by atoms with Crippen LogP contribution in [0, 0.1) is 6.92 Å². The molecule has 0 unspecified atom stereocenters. The molecule has 204 valence electrons. The van der Waals surface area contributed by atoms with Gasteiger partial charge in [0.05, 0.1) is 23.6 Å². The first-order valence-corrected chi connectivity index (χ1v) is 14.0. The molecule has 9 heteroatoms. The smallest absolute Gasteiger partial charge is 0.338 e. The maximum Gasteiger partial charge on any atom is 0.338 e. The molecule has 8 nitrogen and oxygen atoms in total. The van der Waals surface area contributed by atoms with Gasteiger partial charge in [-0.3, -0.25) is 4.79 Å². The average molecular weight is 555 g/mol. The summed E-state index contributed by atoms with van der Waals surface area (Å²) in [5.41, 5.74) is 10.9. The first kappa shape index (κ1) is 27.1. The number of ether oxygens (including phenoxy) is 1. The number of nitrogens with one attached hydrogen (secondary N) is 1. The number of urea groups is 1. The zero-order chi connectivity index (χ0) is 28.2. The predicted octanol–water partition coefficient (Wildman–Crippen LogP) is 6.32. The topological polar surface area (TPSA) is 115 Å². The van der Waals surface area contributed by atoms with Gasteiger partial charge in [-0.05, 0) is 67.5 Å². The minimum Gasteiger partial charge on any atom is -0.462 e. The first-order valence-electron chi connectivity index (χ1n) is 13.2. The van der Waals surface area contributed by atoms with Crippen LogP contribution in [-0.2, 0) is 11.3 Å². The number of thiazole rings is 1. The van der Waals surface area contributed by atoms with Crippen LogP contribution in [0.15, 0.2) is 72.8 Å². The molecule has 1 aliphatic rings. The molecule has 5 rings (SSSR count). The van der Waals surface area contributed by atoms with Crippen LogP contribution in [0.1, 0.15) is 62.4 Å². The van der Waals surface area contributed by atoms with Crippen molar-refractivity contribution in [2.24, 2.45) is 5.73 Å². The van der Waals surface area contributed by atoms with E-state index in [2.05, 4.69) is 11.4 Å². The Hall–Kier alpha value is -4.50. The van der Waals surface area contributed by atoms with E-state index >= 15 is 0 Å². The van der Waals surface area contributed by atoms with E-state index in [-0.39, 0.29) is 17.6 Å². The molecular formula is C31H30N4O4S. The zero-order valence-electron chi connectivity index (χ0n) is 22.3. The van der Waals surface area contributed by atoms with Gasteiger partial charge in [0.2, 0.25) is 0 Å². The number of primary amides is 1. The van der Waals surface area contributed by atoms with Crippen molar-refractivity contribution in [2.75, 3.05) is 11.5 Å². The van der Waals surface area contributed by atoms with Gasteiger partial charge in [-0.1, -0.05) is 65.9 Å². The molecular weight excluding hydrogens is 524 g/mol. The third-order valence-corrected chi connectivity index (χ3v) is 7.76. The van der Waals surface area contributed by atoms with Crippen molar-refractivity contribution in [1.29, 1.82) is 0 Å². The van der Waals surface area contributed by atoms with Gasteiger partial charge in [-0.2, -0.15) is 0 Å². The van der Waals surface area contributed by atoms with E-state index in [0.29, 0.717) is 39.8 Å². The number of aromatic nitrogens is 1. The monoisotopic (exact) mass is 554 g/mol. The summed E-state index contributed by atoms with van der Waals surface area (Å²) in [7, 11) is 0. The number of rotatable bonds is 9. The summed E-state index contributed by atoms with van der Waals surface area (Å²) in [6.07, 6.45) is 2.24. The Morgan fingerprint density at radius 2 is 1.77 bits per heavy atom. The van der Waals surface area contributed by atoms with Crippen LogP contribution in [0.3, 0.4) is 0 Å². The molecule has 3 N–H and O–H groups in total. The highest BCUT2D eigenvalue weighted by Gasteiger charge is 2.29. The molecule has 1 fully saturated rings. The highest BCUT2D eigenvalue weighted by Crippen LogP contribution is 2.43. The molecule has 1 aromatic heterocycles. The normalized spacial score (nSPS) is 12.6. The number of nitrogens with two attached hydrogens (primary N) is 1. The van der Waals surface area contributed by atoms with E-state index in [9.17, 15) is 14.4 Å². The number of benzene rings is 3. The standard InChI is InChI=1S/C31H30N4O4S/c1-3-39-29(37)23-15-13-22(14-16-23)26-27(28(36)33-18-20-7-5-4-6-8-20)40-31(34-26)35(30(32)38)25-17-24(21-11-12-21)10-9-19(25)2/h4-10,13-17,21H,3,11-12,18H2,1-2H3,(H2,32,38)(H,33,36). The fourth-order valence-electron chi connectivity index (χ4n) is 4.45. The lowest BCUT2D eigenvalue weighted by Crippen LogP contribution is -2.32. The average Bonchev–Trinajstić information content (AvgIpc) is 3.72. The maximum absolute atomic E-state index is 13.5. The van der Waals surface area contributed by atoms with Crippen LogP contribution in [0.2, 0.25) is 0 Å². The van der Waals surface area contributed by atoms with Crippen LogP contribution < -0.4 is 16.0 Å². The fourth-order valence-corrected chi connectivity index (χ4v) is 5.47. The number of carbonyl (C=O) groups is 3. The number of aryl methyl sites for hydroxylation is 1. The fraction of sp³-hybridized carbons (Fsp3) is 0.226. The van der Waals surface area contributed by atoms with E-state index in [1.165, 1.54) is 4.90 Å². The molecule has 40 heavy (non-hydrogen) atoms. The molecule has 0 atom stereocenters. The summed E-state index contributed by atoms with van der Waals surface area (Å²) in [5.74, 6) is -0.275. The summed E-state index contributed by atoms with van der Waals surface area (Å²) in [6, 6.07) is 21.6.